The van der Waals surface area contributed by atoms with Crippen LogP contribution in [0.15, 0.2) is 0 Å². The molecule has 0 rings (SSSR count). The maximum absolute atomic E-state index is 11.2. The predicted molar refractivity (Wildman–Crippen MR) is 128 cm³/mol. The third-order valence-corrected chi connectivity index (χ3v) is 6.04. The lowest BCUT2D eigenvalue weighted by Gasteiger charge is -2.04. The lowest BCUT2D eigenvalue weighted by molar-refractivity contribution is -0.143. The molecule has 0 heterocycles. The molecule has 0 amide bonds. The van der Waals surface area contributed by atoms with Crippen LogP contribution in [-0.2, 0) is 9.53 Å². The normalized spacial score (nSPS) is 11.1. The summed E-state index contributed by atoms with van der Waals surface area (Å²) in [5.74, 6) is -0.0272. The molecule has 0 saturated carbocycles. The standard InChI is InChI=1S/C27H54O2/c1-3-5-6-7-8-9-10-11-12-13-14-15-16-17-18-19-20-21-22-23-24-25-26-27(28)29-4-2/h3-26H2,1-2H3. The smallest absolute Gasteiger partial charge is 0.305 e. The maximum Gasteiger partial charge on any atom is 0.305 e. The van der Waals surface area contributed by atoms with Crippen LogP contribution in [0.3, 0.4) is 0 Å². The summed E-state index contributed by atoms with van der Waals surface area (Å²) in [6, 6.07) is 0. The Labute approximate surface area is 184 Å². The Bertz CT molecular complexity index is 314. The van der Waals surface area contributed by atoms with Gasteiger partial charge in [0.2, 0.25) is 0 Å². The summed E-state index contributed by atoms with van der Waals surface area (Å²) in [5.41, 5.74) is 0. The van der Waals surface area contributed by atoms with Gasteiger partial charge in [0.05, 0.1) is 6.61 Å². The van der Waals surface area contributed by atoms with E-state index >= 15 is 0 Å². The first kappa shape index (κ1) is 28.5. The van der Waals surface area contributed by atoms with Crippen molar-refractivity contribution in [2.45, 2.75) is 162 Å². The summed E-state index contributed by atoms with van der Waals surface area (Å²) in [4.78, 5) is 11.2. The number of hydrogen-bond acceptors (Lipinski definition) is 2. The van der Waals surface area contributed by atoms with E-state index in [0.717, 1.165) is 6.42 Å². The van der Waals surface area contributed by atoms with Crippen molar-refractivity contribution < 1.29 is 9.53 Å². The highest BCUT2D eigenvalue weighted by molar-refractivity contribution is 5.69. The molecule has 0 aromatic rings. The Balaban J connectivity index is 3.02. The molecule has 2 nitrogen and oxygen atoms in total. The minimum absolute atomic E-state index is 0.0272. The van der Waals surface area contributed by atoms with Gasteiger partial charge in [-0.3, -0.25) is 4.79 Å². The van der Waals surface area contributed by atoms with Crippen molar-refractivity contribution in [3.63, 3.8) is 0 Å². The average Bonchev–Trinajstić information content (AvgIpc) is 2.72. The monoisotopic (exact) mass is 410 g/mol. The summed E-state index contributed by atoms with van der Waals surface area (Å²) >= 11 is 0. The molecule has 0 radical (unpaired) electrons. The van der Waals surface area contributed by atoms with Crippen LogP contribution in [0, 0.1) is 0 Å². The van der Waals surface area contributed by atoms with Crippen LogP contribution in [-0.4, -0.2) is 12.6 Å². The second-order valence-electron chi connectivity index (χ2n) is 8.98. The van der Waals surface area contributed by atoms with Crippen LogP contribution >= 0.6 is 0 Å². The minimum Gasteiger partial charge on any atom is -0.466 e. The minimum atomic E-state index is -0.0272. The van der Waals surface area contributed by atoms with E-state index in [2.05, 4.69) is 6.92 Å². The fourth-order valence-corrected chi connectivity index (χ4v) is 4.11. The topological polar surface area (TPSA) is 26.3 Å². The summed E-state index contributed by atoms with van der Waals surface area (Å²) in [5, 5.41) is 0. The first-order chi connectivity index (χ1) is 14.3. The Morgan fingerprint density at radius 3 is 1.00 bits per heavy atom. The van der Waals surface area contributed by atoms with E-state index in [1.54, 1.807) is 0 Å². The highest BCUT2D eigenvalue weighted by Gasteiger charge is 2.00. The van der Waals surface area contributed by atoms with Crippen molar-refractivity contribution in [3.8, 4) is 0 Å². The van der Waals surface area contributed by atoms with Gasteiger partial charge in [0.1, 0.15) is 0 Å². The average molecular weight is 411 g/mol. The third kappa shape index (κ3) is 25.4. The van der Waals surface area contributed by atoms with Crippen LogP contribution in [0.5, 0.6) is 0 Å². The van der Waals surface area contributed by atoms with Gasteiger partial charge in [-0.15, -0.1) is 0 Å². The quantitative estimate of drug-likeness (QED) is 0.117. The largest absolute Gasteiger partial charge is 0.466 e. The Hall–Kier alpha value is -0.530. The van der Waals surface area contributed by atoms with Gasteiger partial charge in [0.25, 0.3) is 0 Å². The van der Waals surface area contributed by atoms with Gasteiger partial charge in [0, 0.05) is 6.42 Å². The summed E-state index contributed by atoms with van der Waals surface area (Å²) in [7, 11) is 0. The number of unbranched alkanes of at least 4 members (excludes halogenated alkanes) is 21. The molecular formula is C27H54O2. The number of esters is 1. The zero-order chi connectivity index (χ0) is 21.3. The number of carbonyl (C=O) groups is 1. The van der Waals surface area contributed by atoms with Gasteiger partial charge in [-0.2, -0.15) is 0 Å². The van der Waals surface area contributed by atoms with Crippen molar-refractivity contribution in [2.75, 3.05) is 6.61 Å². The van der Waals surface area contributed by atoms with Crippen LogP contribution in [0.25, 0.3) is 0 Å². The van der Waals surface area contributed by atoms with E-state index < -0.39 is 0 Å². The first-order valence-corrected chi connectivity index (χ1v) is 13.5. The molecular weight excluding hydrogens is 356 g/mol. The molecule has 0 N–H and O–H groups in total. The Morgan fingerprint density at radius 2 is 0.724 bits per heavy atom. The highest BCUT2D eigenvalue weighted by atomic mass is 16.5. The van der Waals surface area contributed by atoms with Crippen molar-refractivity contribution in [1.29, 1.82) is 0 Å². The lowest BCUT2D eigenvalue weighted by atomic mass is 10.0. The van der Waals surface area contributed by atoms with Crippen LogP contribution in [0.4, 0.5) is 0 Å². The number of rotatable bonds is 24. The molecule has 0 aromatic heterocycles. The molecule has 0 atom stereocenters. The lowest BCUT2D eigenvalue weighted by Crippen LogP contribution is -2.03. The Kier molecular flexibility index (Phi) is 25.0. The van der Waals surface area contributed by atoms with E-state index in [0.29, 0.717) is 13.0 Å². The zero-order valence-electron chi connectivity index (χ0n) is 20.3. The van der Waals surface area contributed by atoms with Gasteiger partial charge < -0.3 is 4.74 Å². The second-order valence-corrected chi connectivity index (χ2v) is 8.98. The summed E-state index contributed by atoms with van der Waals surface area (Å²) < 4.78 is 4.95. The van der Waals surface area contributed by atoms with E-state index in [4.69, 9.17) is 4.74 Å². The summed E-state index contributed by atoms with van der Waals surface area (Å²) in [6.07, 6.45) is 31.3. The molecule has 0 fully saturated rings. The number of ether oxygens (including phenoxy) is 1. The van der Waals surface area contributed by atoms with Crippen molar-refractivity contribution in [1.82, 2.24) is 0 Å². The van der Waals surface area contributed by atoms with Gasteiger partial charge in [-0.05, 0) is 13.3 Å². The van der Waals surface area contributed by atoms with Crippen LogP contribution in [0.2, 0.25) is 0 Å². The molecule has 0 unspecified atom stereocenters. The molecule has 0 aliphatic carbocycles. The van der Waals surface area contributed by atoms with E-state index in [1.807, 2.05) is 6.92 Å². The molecule has 0 saturated heterocycles. The van der Waals surface area contributed by atoms with E-state index in [-0.39, 0.29) is 5.97 Å². The third-order valence-electron chi connectivity index (χ3n) is 6.04. The summed E-state index contributed by atoms with van der Waals surface area (Å²) in [6.45, 7) is 4.68. The Morgan fingerprint density at radius 1 is 0.448 bits per heavy atom. The molecule has 2 heteroatoms. The van der Waals surface area contributed by atoms with E-state index in [9.17, 15) is 4.79 Å². The van der Waals surface area contributed by atoms with Gasteiger partial charge in [0.15, 0.2) is 0 Å². The van der Waals surface area contributed by atoms with Gasteiger partial charge in [-0.1, -0.05) is 142 Å². The first-order valence-electron chi connectivity index (χ1n) is 13.5. The fourth-order valence-electron chi connectivity index (χ4n) is 4.11. The fraction of sp³-hybridized carbons (Fsp3) is 0.963. The van der Waals surface area contributed by atoms with Crippen molar-refractivity contribution in [2.24, 2.45) is 0 Å². The molecule has 0 spiro atoms. The SMILES string of the molecule is CCCCCCCCCCCCCCCCCCCCCCCCC(=O)OCC. The van der Waals surface area contributed by atoms with Gasteiger partial charge in [-0.25, -0.2) is 0 Å². The molecule has 174 valence electrons. The molecule has 0 aliphatic heterocycles. The second kappa shape index (κ2) is 25.5. The maximum atomic E-state index is 11.2. The van der Waals surface area contributed by atoms with Crippen LogP contribution in [0.1, 0.15) is 162 Å². The van der Waals surface area contributed by atoms with Crippen LogP contribution < -0.4 is 0 Å². The predicted octanol–water partition coefficient (Wildman–Crippen LogP) is 9.54. The zero-order valence-corrected chi connectivity index (χ0v) is 20.3. The molecule has 0 bridgehead atoms. The molecule has 0 aliphatic rings. The van der Waals surface area contributed by atoms with Crippen molar-refractivity contribution >= 4 is 5.97 Å². The molecule has 0 aromatic carbocycles. The number of hydrogen-bond donors (Lipinski definition) is 0. The molecule has 29 heavy (non-hydrogen) atoms. The highest BCUT2D eigenvalue weighted by Crippen LogP contribution is 2.15. The number of carbonyl (C=O) groups excluding carboxylic acids is 1. The van der Waals surface area contributed by atoms with Crippen molar-refractivity contribution in [3.05, 3.63) is 0 Å². The van der Waals surface area contributed by atoms with Gasteiger partial charge >= 0.3 is 5.97 Å². The van der Waals surface area contributed by atoms with E-state index in [1.165, 1.54) is 135 Å².